The number of hydrogen-bond donors (Lipinski definition) is 2. The van der Waals surface area contributed by atoms with E-state index in [1.54, 1.807) is 31.3 Å². The van der Waals surface area contributed by atoms with Crippen LogP contribution in [0.25, 0.3) is 33.4 Å². The molecule has 162 valence electrons. The molecule has 0 saturated carbocycles. The number of furan rings is 1. The number of fused-ring (bicyclic) bond motifs is 1. The van der Waals surface area contributed by atoms with E-state index in [-0.39, 0.29) is 17.6 Å². The van der Waals surface area contributed by atoms with Gasteiger partial charge in [0.1, 0.15) is 17.2 Å². The van der Waals surface area contributed by atoms with Crippen molar-refractivity contribution in [2.75, 3.05) is 13.6 Å². The maximum Gasteiger partial charge on any atom is 0.255 e. The fourth-order valence-corrected chi connectivity index (χ4v) is 3.61. The van der Waals surface area contributed by atoms with Crippen LogP contribution in [0, 0.1) is 5.82 Å². The lowest BCUT2D eigenvalue weighted by atomic mass is 9.99. The third-order valence-electron chi connectivity index (χ3n) is 5.24. The first-order valence-electron chi connectivity index (χ1n) is 10.4. The molecule has 0 fully saturated rings. The molecule has 0 atom stereocenters. The lowest BCUT2D eigenvalue weighted by molar-refractivity contribution is 0.0949. The fourth-order valence-electron chi connectivity index (χ4n) is 3.61. The first kappa shape index (κ1) is 21.3. The van der Waals surface area contributed by atoms with Crippen molar-refractivity contribution in [3.05, 3.63) is 83.7 Å². The van der Waals surface area contributed by atoms with E-state index in [4.69, 9.17) is 4.42 Å². The zero-order chi connectivity index (χ0) is 22.7. The summed E-state index contributed by atoms with van der Waals surface area (Å²) in [5.74, 6) is -0.406. The van der Waals surface area contributed by atoms with Gasteiger partial charge >= 0.3 is 0 Å². The summed E-state index contributed by atoms with van der Waals surface area (Å²) in [6.45, 7) is 2.62. The molecule has 1 heterocycles. The zero-order valence-corrected chi connectivity index (χ0v) is 17.9. The van der Waals surface area contributed by atoms with E-state index >= 15 is 0 Å². The molecule has 1 aromatic heterocycles. The molecule has 0 saturated heterocycles. The van der Waals surface area contributed by atoms with Gasteiger partial charge in [-0.05, 0) is 66.1 Å². The first-order valence-corrected chi connectivity index (χ1v) is 10.4. The van der Waals surface area contributed by atoms with E-state index in [1.807, 2.05) is 37.3 Å². The van der Waals surface area contributed by atoms with Gasteiger partial charge in [-0.3, -0.25) is 9.59 Å². The third-order valence-corrected chi connectivity index (χ3v) is 5.24. The first-order chi connectivity index (χ1) is 15.5. The van der Waals surface area contributed by atoms with E-state index in [1.165, 1.54) is 12.1 Å². The lowest BCUT2D eigenvalue weighted by Crippen LogP contribution is -2.23. The number of halogens is 1. The summed E-state index contributed by atoms with van der Waals surface area (Å²) in [4.78, 5) is 25.1. The van der Waals surface area contributed by atoms with E-state index in [0.29, 0.717) is 40.0 Å². The van der Waals surface area contributed by atoms with E-state index < -0.39 is 0 Å². The summed E-state index contributed by atoms with van der Waals surface area (Å²) < 4.78 is 19.4. The monoisotopic (exact) mass is 430 g/mol. The zero-order valence-electron chi connectivity index (χ0n) is 17.9. The minimum absolute atomic E-state index is 0.122. The van der Waals surface area contributed by atoms with Crippen molar-refractivity contribution in [1.29, 1.82) is 0 Å². The summed E-state index contributed by atoms with van der Waals surface area (Å²) in [7, 11) is 1.55. The Morgan fingerprint density at radius 2 is 1.62 bits per heavy atom. The normalized spacial score (nSPS) is 10.8. The van der Waals surface area contributed by atoms with Crippen LogP contribution >= 0.6 is 0 Å². The van der Waals surface area contributed by atoms with Gasteiger partial charge in [0.05, 0.1) is 5.56 Å². The van der Waals surface area contributed by atoms with Crippen LogP contribution in [-0.2, 0) is 0 Å². The van der Waals surface area contributed by atoms with Gasteiger partial charge in [0.15, 0.2) is 0 Å². The Kier molecular flexibility index (Phi) is 6.03. The maximum atomic E-state index is 13.4. The second-order valence-corrected chi connectivity index (χ2v) is 7.44. The highest BCUT2D eigenvalue weighted by Gasteiger charge is 2.22. The average molecular weight is 430 g/mol. The van der Waals surface area contributed by atoms with Crippen LogP contribution < -0.4 is 10.6 Å². The molecule has 0 unspecified atom stereocenters. The quantitative estimate of drug-likeness (QED) is 0.430. The van der Waals surface area contributed by atoms with E-state index in [9.17, 15) is 14.0 Å². The van der Waals surface area contributed by atoms with Crippen LogP contribution in [0.4, 0.5) is 4.39 Å². The number of benzene rings is 3. The average Bonchev–Trinajstić information content (AvgIpc) is 3.21. The van der Waals surface area contributed by atoms with Gasteiger partial charge < -0.3 is 15.1 Å². The van der Waals surface area contributed by atoms with E-state index in [0.717, 1.165) is 17.5 Å². The Morgan fingerprint density at radius 1 is 0.906 bits per heavy atom. The lowest BCUT2D eigenvalue weighted by Gasteiger charge is -2.07. The Morgan fingerprint density at radius 3 is 2.34 bits per heavy atom. The molecular weight excluding hydrogens is 407 g/mol. The molecular formula is C26H23FN2O3. The Balaban J connectivity index is 1.81. The highest BCUT2D eigenvalue weighted by atomic mass is 19.1. The third kappa shape index (κ3) is 4.12. The molecule has 0 bridgehead atoms. The van der Waals surface area contributed by atoms with Gasteiger partial charge in [-0.15, -0.1) is 0 Å². The molecule has 4 aromatic rings. The molecule has 6 heteroatoms. The Bertz CT molecular complexity index is 1290. The predicted molar refractivity (Wildman–Crippen MR) is 123 cm³/mol. The van der Waals surface area contributed by atoms with E-state index in [2.05, 4.69) is 10.6 Å². The molecule has 0 aliphatic carbocycles. The van der Waals surface area contributed by atoms with Crippen molar-refractivity contribution in [2.45, 2.75) is 13.3 Å². The van der Waals surface area contributed by atoms with Crippen LogP contribution in [0.2, 0.25) is 0 Å². The van der Waals surface area contributed by atoms with Crippen molar-refractivity contribution in [2.24, 2.45) is 0 Å². The molecule has 32 heavy (non-hydrogen) atoms. The summed E-state index contributed by atoms with van der Waals surface area (Å²) in [6.07, 6.45) is 0.862. The van der Waals surface area contributed by atoms with Crippen LogP contribution in [0.1, 0.15) is 34.1 Å². The van der Waals surface area contributed by atoms with Crippen LogP contribution in [0.15, 0.2) is 71.1 Å². The Labute approximate surface area is 185 Å². The van der Waals surface area contributed by atoms with Crippen molar-refractivity contribution in [3.8, 4) is 22.5 Å². The maximum absolute atomic E-state index is 13.4. The molecule has 2 amide bonds. The van der Waals surface area contributed by atoms with Crippen molar-refractivity contribution < 1.29 is 18.4 Å². The highest BCUT2D eigenvalue weighted by molar-refractivity contribution is 6.11. The van der Waals surface area contributed by atoms with Gasteiger partial charge in [-0.1, -0.05) is 25.1 Å². The SMILES string of the molecule is CCCNC(=O)c1cccc(-c2ccc3oc(-c4ccc(F)cc4)c(C(=O)NC)c3c2)c1. The molecule has 0 aliphatic heterocycles. The number of nitrogens with one attached hydrogen (secondary N) is 2. The van der Waals surface area contributed by atoms with Gasteiger partial charge in [0, 0.05) is 30.1 Å². The summed E-state index contributed by atoms with van der Waals surface area (Å²) in [6, 6.07) is 18.7. The van der Waals surface area contributed by atoms with Crippen LogP contribution in [0.3, 0.4) is 0 Å². The number of carbonyl (C=O) groups is 2. The molecule has 0 spiro atoms. The molecule has 3 aromatic carbocycles. The predicted octanol–water partition coefficient (Wildman–Crippen LogP) is 5.41. The molecule has 0 radical (unpaired) electrons. The summed E-state index contributed by atoms with van der Waals surface area (Å²) >= 11 is 0. The number of hydrogen-bond acceptors (Lipinski definition) is 3. The molecule has 4 rings (SSSR count). The molecule has 5 nitrogen and oxygen atoms in total. The highest BCUT2D eigenvalue weighted by Crippen LogP contribution is 2.36. The number of carbonyl (C=O) groups excluding carboxylic acids is 2. The van der Waals surface area contributed by atoms with Gasteiger partial charge in [0.25, 0.3) is 11.8 Å². The summed E-state index contributed by atoms with van der Waals surface area (Å²) in [5.41, 5.74) is 3.80. The number of amides is 2. The fraction of sp³-hybridized carbons (Fsp3) is 0.154. The van der Waals surface area contributed by atoms with Gasteiger partial charge in [0.2, 0.25) is 0 Å². The topological polar surface area (TPSA) is 71.3 Å². The Hall–Kier alpha value is -3.93. The largest absolute Gasteiger partial charge is 0.455 e. The minimum Gasteiger partial charge on any atom is -0.455 e. The van der Waals surface area contributed by atoms with Crippen LogP contribution in [-0.4, -0.2) is 25.4 Å². The van der Waals surface area contributed by atoms with Crippen molar-refractivity contribution in [1.82, 2.24) is 10.6 Å². The van der Waals surface area contributed by atoms with Crippen molar-refractivity contribution in [3.63, 3.8) is 0 Å². The van der Waals surface area contributed by atoms with Gasteiger partial charge in [-0.2, -0.15) is 0 Å². The smallest absolute Gasteiger partial charge is 0.255 e. The van der Waals surface area contributed by atoms with Crippen LogP contribution in [0.5, 0.6) is 0 Å². The second kappa shape index (κ2) is 9.06. The van der Waals surface area contributed by atoms with Crippen molar-refractivity contribution >= 4 is 22.8 Å². The molecule has 0 aliphatic rings. The standard InChI is InChI=1S/C26H23FN2O3/c1-3-13-29-25(30)19-6-4-5-17(14-19)18-9-12-22-21(15-18)23(26(31)28-2)24(32-22)16-7-10-20(27)11-8-16/h4-12,14-15H,3,13H2,1-2H3,(H,28,31)(H,29,30). The van der Waals surface area contributed by atoms with Gasteiger partial charge in [-0.25, -0.2) is 4.39 Å². The minimum atomic E-state index is -0.364. The summed E-state index contributed by atoms with van der Waals surface area (Å²) in [5, 5.41) is 6.18. The molecule has 2 N–H and O–H groups in total. The number of rotatable bonds is 6. The second-order valence-electron chi connectivity index (χ2n) is 7.44.